The molecule has 0 fully saturated rings. The molecular formula is C53H84O2. The fourth-order valence-corrected chi connectivity index (χ4v) is 6.20. The first-order chi connectivity index (χ1) is 26.2. The van der Waals surface area contributed by atoms with E-state index in [2.05, 4.69) is 137 Å². The van der Waals surface area contributed by atoms with Crippen molar-refractivity contribution in [3.63, 3.8) is 0 Å². The maximum Gasteiger partial charge on any atom is 0.330 e. The summed E-state index contributed by atoms with van der Waals surface area (Å²) < 4.78 is 5.02. The number of allylic oxidation sites excluding steroid dienone is 19. The third-order valence-corrected chi connectivity index (χ3v) is 10.2. The van der Waals surface area contributed by atoms with Gasteiger partial charge in [-0.1, -0.05) is 117 Å². The molecule has 0 rings (SSSR count). The van der Waals surface area contributed by atoms with Gasteiger partial charge in [-0.15, -0.1) is 0 Å². The summed E-state index contributed by atoms with van der Waals surface area (Å²) in [5.41, 5.74) is 14.7. The topological polar surface area (TPSA) is 26.3 Å². The zero-order chi connectivity index (χ0) is 41.3. The predicted molar refractivity (Wildman–Crippen MR) is 248 cm³/mol. The van der Waals surface area contributed by atoms with Crippen LogP contribution in [0.15, 0.2) is 129 Å². The van der Waals surface area contributed by atoms with Crippen LogP contribution >= 0.6 is 0 Å². The molecule has 0 heterocycles. The Morgan fingerprint density at radius 3 is 0.745 bits per heavy atom. The van der Waals surface area contributed by atoms with E-state index in [4.69, 9.17) is 4.74 Å². The third-order valence-electron chi connectivity index (χ3n) is 10.2. The first-order valence-corrected chi connectivity index (χ1v) is 21.5. The highest BCUT2D eigenvalue weighted by Gasteiger charge is 1.98. The lowest BCUT2D eigenvalue weighted by Crippen LogP contribution is -1.99. The maximum absolute atomic E-state index is 11.1. The van der Waals surface area contributed by atoms with Crippen LogP contribution in [0.2, 0.25) is 0 Å². The number of hydrogen-bond donors (Lipinski definition) is 0. The van der Waals surface area contributed by atoms with Crippen molar-refractivity contribution in [2.45, 2.75) is 192 Å². The SMILES string of the molecule is C=CC(=O)OCC=C(C)CCC=C(C)CCC=C(C)CCC=C(C)CCC=C(C)CCC=C(C)CCC=C(C)CCC=C(C)CCC=C(C)CCC=C(C)C. The Hall–Kier alpha value is -3.39. The molecule has 55 heavy (non-hydrogen) atoms. The van der Waals surface area contributed by atoms with Gasteiger partial charge in [-0.3, -0.25) is 0 Å². The van der Waals surface area contributed by atoms with Crippen molar-refractivity contribution < 1.29 is 9.53 Å². The quantitative estimate of drug-likeness (QED) is 0.0415. The van der Waals surface area contributed by atoms with Gasteiger partial charge in [-0.2, -0.15) is 0 Å². The molecule has 0 spiro atoms. The molecule has 0 aliphatic carbocycles. The minimum Gasteiger partial charge on any atom is -0.458 e. The molecule has 0 unspecified atom stereocenters. The van der Waals surface area contributed by atoms with Crippen molar-refractivity contribution in [1.82, 2.24) is 0 Å². The van der Waals surface area contributed by atoms with E-state index < -0.39 is 0 Å². The summed E-state index contributed by atoms with van der Waals surface area (Å²) in [6.45, 7) is 28.4. The zero-order valence-corrected chi connectivity index (χ0v) is 37.8. The summed E-state index contributed by atoms with van der Waals surface area (Å²) in [6.07, 6.45) is 45.4. The van der Waals surface area contributed by atoms with Crippen LogP contribution in [0.3, 0.4) is 0 Å². The maximum atomic E-state index is 11.1. The minimum atomic E-state index is -0.372. The van der Waals surface area contributed by atoms with Gasteiger partial charge in [0.05, 0.1) is 0 Å². The molecule has 0 aromatic heterocycles. The average molecular weight is 753 g/mol. The molecule has 0 saturated carbocycles. The molecule has 0 aliphatic rings. The van der Waals surface area contributed by atoms with Crippen LogP contribution in [-0.2, 0) is 9.53 Å². The largest absolute Gasteiger partial charge is 0.458 e. The van der Waals surface area contributed by atoms with Crippen molar-refractivity contribution in [1.29, 1.82) is 0 Å². The van der Waals surface area contributed by atoms with Gasteiger partial charge >= 0.3 is 5.97 Å². The Morgan fingerprint density at radius 2 is 0.545 bits per heavy atom. The minimum absolute atomic E-state index is 0.321. The van der Waals surface area contributed by atoms with Crippen molar-refractivity contribution in [3.05, 3.63) is 129 Å². The van der Waals surface area contributed by atoms with Crippen LogP contribution in [0.5, 0.6) is 0 Å². The van der Waals surface area contributed by atoms with Crippen LogP contribution in [0.25, 0.3) is 0 Å². The molecule has 308 valence electrons. The Kier molecular flexibility index (Phi) is 31.8. The number of carbonyl (C=O) groups is 1. The molecule has 0 aromatic rings. The van der Waals surface area contributed by atoms with Crippen LogP contribution in [0.4, 0.5) is 0 Å². The molecular weight excluding hydrogens is 669 g/mol. The Morgan fingerprint density at radius 1 is 0.345 bits per heavy atom. The normalized spacial score (nSPS) is 14.4. The van der Waals surface area contributed by atoms with E-state index in [0.29, 0.717) is 6.61 Å². The highest BCUT2D eigenvalue weighted by atomic mass is 16.5. The van der Waals surface area contributed by atoms with Gasteiger partial charge in [-0.05, 0) is 198 Å². The Bertz CT molecular complexity index is 1420. The summed E-state index contributed by atoms with van der Waals surface area (Å²) in [5.74, 6) is -0.372. The third kappa shape index (κ3) is 34.8. The lowest BCUT2D eigenvalue weighted by Gasteiger charge is -2.04. The van der Waals surface area contributed by atoms with Crippen molar-refractivity contribution in [2.75, 3.05) is 6.61 Å². The summed E-state index contributed by atoms with van der Waals surface area (Å²) in [7, 11) is 0. The second kappa shape index (κ2) is 33.9. The smallest absolute Gasteiger partial charge is 0.330 e. The molecule has 2 nitrogen and oxygen atoms in total. The monoisotopic (exact) mass is 753 g/mol. The van der Waals surface area contributed by atoms with E-state index in [0.717, 1.165) is 83.5 Å². The second-order valence-electron chi connectivity index (χ2n) is 16.4. The highest BCUT2D eigenvalue weighted by Crippen LogP contribution is 2.18. The number of ether oxygens (including phenoxy) is 1. The average Bonchev–Trinajstić information content (AvgIpc) is 3.11. The van der Waals surface area contributed by atoms with Crippen molar-refractivity contribution in [3.8, 4) is 0 Å². The fraction of sp³-hybridized carbons (Fsp3) is 0.566. The summed E-state index contributed by atoms with van der Waals surface area (Å²) in [5, 5.41) is 0. The molecule has 0 bridgehead atoms. The second-order valence-corrected chi connectivity index (χ2v) is 16.4. The Labute approximate surface area is 341 Å². The lowest BCUT2D eigenvalue weighted by atomic mass is 10.0. The van der Waals surface area contributed by atoms with Gasteiger partial charge in [0.1, 0.15) is 6.61 Å². The van der Waals surface area contributed by atoms with E-state index >= 15 is 0 Å². The molecule has 0 saturated heterocycles. The summed E-state index contributed by atoms with van der Waals surface area (Å²) in [6, 6.07) is 0. The molecule has 0 radical (unpaired) electrons. The van der Waals surface area contributed by atoms with Crippen LogP contribution in [0.1, 0.15) is 192 Å². The van der Waals surface area contributed by atoms with Gasteiger partial charge in [0.25, 0.3) is 0 Å². The molecule has 0 amide bonds. The van der Waals surface area contributed by atoms with E-state index in [1.807, 2.05) is 6.08 Å². The molecule has 2 heteroatoms. The van der Waals surface area contributed by atoms with Crippen LogP contribution in [0, 0.1) is 0 Å². The van der Waals surface area contributed by atoms with Crippen molar-refractivity contribution >= 4 is 5.97 Å². The van der Waals surface area contributed by atoms with Crippen LogP contribution in [-0.4, -0.2) is 12.6 Å². The molecule has 0 atom stereocenters. The van der Waals surface area contributed by atoms with E-state index in [1.165, 1.54) is 93.9 Å². The molecule has 0 aromatic carbocycles. The predicted octanol–water partition coefficient (Wildman–Crippen LogP) is 17.2. The van der Waals surface area contributed by atoms with Gasteiger partial charge in [-0.25, -0.2) is 4.79 Å². The summed E-state index contributed by atoms with van der Waals surface area (Å²) >= 11 is 0. The lowest BCUT2D eigenvalue weighted by molar-refractivity contribution is -0.136. The van der Waals surface area contributed by atoms with Gasteiger partial charge in [0, 0.05) is 6.08 Å². The van der Waals surface area contributed by atoms with Crippen LogP contribution < -0.4 is 0 Å². The van der Waals surface area contributed by atoms with Gasteiger partial charge < -0.3 is 4.74 Å². The molecule has 0 N–H and O–H groups in total. The van der Waals surface area contributed by atoms with E-state index in [-0.39, 0.29) is 5.97 Å². The number of esters is 1. The number of hydrogen-bond acceptors (Lipinski definition) is 2. The first-order valence-electron chi connectivity index (χ1n) is 21.5. The number of rotatable bonds is 30. The molecule has 0 aliphatic heterocycles. The summed E-state index contributed by atoms with van der Waals surface area (Å²) in [4.78, 5) is 11.1. The Balaban J connectivity index is 4.25. The van der Waals surface area contributed by atoms with E-state index in [1.54, 1.807) is 0 Å². The zero-order valence-electron chi connectivity index (χ0n) is 37.8. The van der Waals surface area contributed by atoms with Crippen molar-refractivity contribution in [2.24, 2.45) is 0 Å². The van der Waals surface area contributed by atoms with Gasteiger partial charge in [0.15, 0.2) is 0 Å². The van der Waals surface area contributed by atoms with Gasteiger partial charge in [0.2, 0.25) is 0 Å². The first kappa shape index (κ1) is 51.6. The van der Waals surface area contributed by atoms with E-state index in [9.17, 15) is 4.79 Å². The fourth-order valence-electron chi connectivity index (χ4n) is 6.20. The highest BCUT2D eigenvalue weighted by molar-refractivity contribution is 5.81. The number of carbonyl (C=O) groups excluding carboxylic acids is 1. The standard InChI is InChI=1S/C53H84O2/c1-13-53(54)55-42-41-52(12)40-22-39-51(11)38-21-37-50(10)36-20-35-49(9)34-19-33-48(8)32-18-31-47(7)30-17-29-46(6)28-16-27-45(5)26-15-25-44(4)24-14-23-43(2)3/h13,23,25,27,29,31,33,35,37,39,41H,1,14-22,24,26,28,30,32,34,36,38,40,42H2,2-12H3.